The molecular weight excluding hydrogens is 333 g/mol. The van der Waals surface area contributed by atoms with E-state index in [1.54, 1.807) is 17.2 Å². The lowest BCUT2D eigenvalue weighted by molar-refractivity contribution is -0.141. The van der Waals surface area contributed by atoms with E-state index in [1.807, 2.05) is 0 Å². The average molecular weight is 352 g/mol. The molecule has 5 nitrogen and oxygen atoms in total. The molecule has 1 saturated heterocycles. The Morgan fingerprint density at radius 3 is 2.72 bits per heavy atom. The fourth-order valence-electron chi connectivity index (χ4n) is 3.52. The lowest BCUT2D eigenvalue weighted by atomic mass is 9.96. The number of nitrogens with one attached hydrogen (secondary N) is 2. The lowest BCUT2D eigenvalue weighted by Gasteiger charge is -2.32. The first kappa shape index (κ1) is 16.2. The van der Waals surface area contributed by atoms with Crippen molar-refractivity contribution in [3.63, 3.8) is 0 Å². The molecule has 2 fully saturated rings. The predicted octanol–water partition coefficient (Wildman–Crippen LogP) is 3.65. The molecule has 1 saturated carbocycles. The fourth-order valence-corrected chi connectivity index (χ4v) is 3.52. The van der Waals surface area contributed by atoms with Crippen LogP contribution < -0.4 is 0 Å². The number of piperidine rings is 1. The van der Waals surface area contributed by atoms with Crippen LogP contribution in [0.1, 0.15) is 65.1 Å². The van der Waals surface area contributed by atoms with Gasteiger partial charge in [-0.3, -0.25) is 4.79 Å². The number of nitrogens with zero attached hydrogens (tertiary/aromatic N) is 2. The van der Waals surface area contributed by atoms with Crippen molar-refractivity contribution in [2.24, 2.45) is 0 Å². The standard InChI is InChI=1S/C17H19F3N4O/c18-17(19,20)13-8-22-15(23-13)11-2-1-7-24(9-11)16(25)12-5-6-21-14(12)10-3-4-10/h5-6,8,10-11,21H,1-4,7,9H2,(H,22,23)/t11-/m1/s1. The Labute approximate surface area is 142 Å². The zero-order valence-electron chi connectivity index (χ0n) is 13.6. The van der Waals surface area contributed by atoms with E-state index >= 15 is 0 Å². The van der Waals surface area contributed by atoms with E-state index in [2.05, 4.69) is 15.0 Å². The van der Waals surface area contributed by atoms with Crippen LogP contribution in [-0.4, -0.2) is 38.8 Å². The van der Waals surface area contributed by atoms with Crippen molar-refractivity contribution in [2.45, 2.75) is 43.7 Å². The predicted molar refractivity (Wildman–Crippen MR) is 84.2 cm³/mol. The Kier molecular flexibility index (Phi) is 3.85. The normalized spacial score (nSPS) is 21.6. The van der Waals surface area contributed by atoms with Crippen LogP contribution in [0.2, 0.25) is 0 Å². The molecule has 2 aliphatic rings. The molecule has 0 bridgehead atoms. The summed E-state index contributed by atoms with van der Waals surface area (Å²) in [5, 5.41) is 0. The summed E-state index contributed by atoms with van der Waals surface area (Å²) in [6, 6.07) is 1.80. The molecule has 1 aliphatic heterocycles. The van der Waals surface area contributed by atoms with Crippen molar-refractivity contribution >= 4 is 5.91 Å². The smallest absolute Gasteiger partial charge is 0.364 e. The first-order valence-corrected chi connectivity index (χ1v) is 8.52. The SMILES string of the molecule is O=C(c1cc[nH]c1C1CC1)N1CCC[C@@H](c2ncc(C(F)(F)F)[nH]2)C1. The number of hydrogen-bond acceptors (Lipinski definition) is 2. The summed E-state index contributed by atoms with van der Waals surface area (Å²) < 4.78 is 38.2. The fraction of sp³-hybridized carbons (Fsp3) is 0.529. The highest BCUT2D eigenvalue weighted by atomic mass is 19.4. The Hall–Kier alpha value is -2.25. The number of H-pyrrole nitrogens is 2. The van der Waals surface area contributed by atoms with E-state index in [4.69, 9.17) is 0 Å². The molecule has 1 amide bonds. The third-order valence-corrected chi connectivity index (χ3v) is 4.99. The Bertz CT molecular complexity index is 775. The summed E-state index contributed by atoms with van der Waals surface area (Å²) in [5.74, 6) is 0.503. The van der Waals surface area contributed by atoms with Crippen LogP contribution in [-0.2, 0) is 6.18 Å². The average Bonchev–Trinajstić information content (AvgIpc) is 3.12. The number of hydrogen-bond donors (Lipinski definition) is 2. The van der Waals surface area contributed by atoms with Gasteiger partial charge in [0.25, 0.3) is 5.91 Å². The molecule has 1 atom stereocenters. The zero-order chi connectivity index (χ0) is 17.6. The third kappa shape index (κ3) is 3.17. The van der Waals surface area contributed by atoms with Crippen molar-refractivity contribution in [3.8, 4) is 0 Å². The highest BCUT2D eigenvalue weighted by Gasteiger charge is 2.36. The van der Waals surface area contributed by atoms with Crippen molar-refractivity contribution in [3.05, 3.63) is 41.2 Å². The minimum Gasteiger partial charge on any atom is -0.364 e. The van der Waals surface area contributed by atoms with E-state index < -0.39 is 11.9 Å². The molecular formula is C17H19F3N4O. The Morgan fingerprint density at radius 2 is 2.04 bits per heavy atom. The van der Waals surface area contributed by atoms with Crippen LogP contribution in [0.25, 0.3) is 0 Å². The monoisotopic (exact) mass is 352 g/mol. The number of likely N-dealkylation sites (tertiary alicyclic amines) is 1. The molecule has 0 radical (unpaired) electrons. The van der Waals surface area contributed by atoms with Gasteiger partial charge in [-0.1, -0.05) is 0 Å². The number of halogens is 3. The van der Waals surface area contributed by atoms with Gasteiger partial charge in [0.1, 0.15) is 11.5 Å². The van der Waals surface area contributed by atoms with Crippen LogP contribution in [0.4, 0.5) is 13.2 Å². The molecule has 3 heterocycles. The molecule has 4 rings (SSSR count). The number of rotatable bonds is 3. The molecule has 2 N–H and O–H groups in total. The van der Waals surface area contributed by atoms with Gasteiger partial charge in [-0.15, -0.1) is 0 Å². The number of aromatic amines is 2. The molecule has 2 aromatic rings. The topological polar surface area (TPSA) is 64.8 Å². The van der Waals surface area contributed by atoms with Gasteiger partial charge < -0.3 is 14.9 Å². The minimum absolute atomic E-state index is 0.0459. The second kappa shape index (κ2) is 5.93. The lowest BCUT2D eigenvalue weighted by Crippen LogP contribution is -2.39. The number of carbonyl (C=O) groups excluding carboxylic acids is 1. The molecule has 0 unspecified atom stereocenters. The maximum atomic E-state index is 12.9. The van der Waals surface area contributed by atoms with Gasteiger partial charge in [0.15, 0.2) is 0 Å². The summed E-state index contributed by atoms with van der Waals surface area (Å²) in [6.07, 6.45) is 1.84. The van der Waals surface area contributed by atoms with E-state index in [0.717, 1.165) is 37.6 Å². The van der Waals surface area contributed by atoms with Gasteiger partial charge in [-0.2, -0.15) is 13.2 Å². The first-order chi connectivity index (χ1) is 11.9. The summed E-state index contributed by atoms with van der Waals surface area (Å²) >= 11 is 0. The molecule has 25 heavy (non-hydrogen) atoms. The van der Waals surface area contributed by atoms with Gasteiger partial charge in [0, 0.05) is 30.9 Å². The second-order valence-electron chi connectivity index (χ2n) is 6.85. The Balaban J connectivity index is 1.50. The van der Waals surface area contributed by atoms with E-state index in [0.29, 0.717) is 30.4 Å². The van der Waals surface area contributed by atoms with Gasteiger partial charge in [-0.25, -0.2) is 4.98 Å². The van der Waals surface area contributed by atoms with Crippen LogP contribution in [0.15, 0.2) is 18.5 Å². The molecule has 134 valence electrons. The molecule has 0 spiro atoms. The number of carbonyl (C=O) groups is 1. The third-order valence-electron chi connectivity index (χ3n) is 4.99. The number of alkyl halides is 3. The molecule has 2 aromatic heterocycles. The number of amides is 1. The number of imidazole rings is 1. The van der Waals surface area contributed by atoms with Crippen LogP contribution in [0.3, 0.4) is 0 Å². The quantitative estimate of drug-likeness (QED) is 0.885. The van der Waals surface area contributed by atoms with Crippen molar-refractivity contribution in [1.29, 1.82) is 0 Å². The largest absolute Gasteiger partial charge is 0.432 e. The summed E-state index contributed by atoms with van der Waals surface area (Å²) in [6.45, 7) is 1.01. The number of aromatic nitrogens is 3. The maximum absolute atomic E-state index is 12.9. The van der Waals surface area contributed by atoms with Gasteiger partial charge in [0.05, 0.1) is 11.8 Å². The van der Waals surface area contributed by atoms with Crippen molar-refractivity contribution in [1.82, 2.24) is 19.9 Å². The molecule has 0 aromatic carbocycles. The zero-order valence-corrected chi connectivity index (χ0v) is 13.6. The summed E-state index contributed by atoms with van der Waals surface area (Å²) in [7, 11) is 0. The van der Waals surface area contributed by atoms with Crippen molar-refractivity contribution < 1.29 is 18.0 Å². The van der Waals surface area contributed by atoms with Gasteiger partial charge >= 0.3 is 6.18 Å². The molecule has 1 aliphatic carbocycles. The van der Waals surface area contributed by atoms with Crippen LogP contribution in [0.5, 0.6) is 0 Å². The minimum atomic E-state index is -4.43. The maximum Gasteiger partial charge on any atom is 0.432 e. The van der Waals surface area contributed by atoms with E-state index in [-0.39, 0.29) is 11.8 Å². The molecule has 8 heteroatoms. The second-order valence-corrected chi connectivity index (χ2v) is 6.85. The summed E-state index contributed by atoms with van der Waals surface area (Å²) in [5.41, 5.74) is 0.843. The van der Waals surface area contributed by atoms with Crippen molar-refractivity contribution in [2.75, 3.05) is 13.1 Å². The van der Waals surface area contributed by atoms with Gasteiger partial charge in [-0.05, 0) is 37.7 Å². The highest BCUT2D eigenvalue weighted by molar-refractivity contribution is 5.95. The van der Waals surface area contributed by atoms with E-state index in [1.165, 1.54) is 0 Å². The van der Waals surface area contributed by atoms with E-state index in [9.17, 15) is 18.0 Å². The Morgan fingerprint density at radius 1 is 1.24 bits per heavy atom. The van der Waals surface area contributed by atoms with Crippen LogP contribution in [0, 0.1) is 0 Å². The van der Waals surface area contributed by atoms with Crippen LogP contribution >= 0.6 is 0 Å². The highest BCUT2D eigenvalue weighted by Crippen LogP contribution is 2.41. The summed E-state index contributed by atoms with van der Waals surface area (Å²) in [4.78, 5) is 24.0. The van der Waals surface area contributed by atoms with Gasteiger partial charge in [0.2, 0.25) is 0 Å². The first-order valence-electron chi connectivity index (χ1n) is 8.52.